The zero-order chi connectivity index (χ0) is 22.6. The van der Waals surface area contributed by atoms with Crippen molar-refractivity contribution in [2.75, 3.05) is 18.4 Å². The molecule has 0 aliphatic heterocycles. The van der Waals surface area contributed by atoms with Crippen LogP contribution in [0.5, 0.6) is 0 Å². The molecule has 1 aromatic heterocycles. The molecular formula is C23H21F3N2O3. The Bertz CT molecular complexity index is 1090. The zero-order valence-electron chi connectivity index (χ0n) is 17.0. The molecule has 3 aromatic rings. The number of hydrogen-bond acceptors (Lipinski definition) is 3. The number of nitrogens with zero attached hydrogens (tertiary/aromatic N) is 1. The highest BCUT2D eigenvalue weighted by molar-refractivity contribution is 6.03. The molecule has 5 nitrogen and oxygen atoms in total. The number of halogens is 3. The highest BCUT2D eigenvalue weighted by Gasteiger charge is 2.30. The van der Waals surface area contributed by atoms with E-state index in [9.17, 15) is 22.8 Å². The molecule has 0 bridgehead atoms. The van der Waals surface area contributed by atoms with Crippen molar-refractivity contribution in [1.82, 2.24) is 4.90 Å². The molecule has 0 saturated heterocycles. The fourth-order valence-electron chi connectivity index (χ4n) is 3.08. The van der Waals surface area contributed by atoms with Gasteiger partial charge in [0.2, 0.25) is 0 Å². The first-order valence-corrected chi connectivity index (χ1v) is 9.71. The van der Waals surface area contributed by atoms with Crippen LogP contribution in [0.2, 0.25) is 0 Å². The minimum Gasteiger partial charge on any atom is -0.451 e. The molecule has 0 radical (unpaired) electrons. The molecule has 3 rings (SSSR count). The van der Waals surface area contributed by atoms with Crippen LogP contribution in [-0.2, 0) is 6.18 Å². The van der Waals surface area contributed by atoms with Crippen molar-refractivity contribution >= 4 is 17.5 Å². The summed E-state index contributed by atoms with van der Waals surface area (Å²) in [7, 11) is 0. The van der Waals surface area contributed by atoms with Crippen molar-refractivity contribution in [2.24, 2.45) is 0 Å². The van der Waals surface area contributed by atoms with Crippen molar-refractivity contribution < 1.29 is 27.2 Å². The van der Waals surface area contributed by atoms with E-state index < -0.39 is 17.6 Å². The van der Waals surface area contributed by atoms with Gasteiger partial charge in [0, 0.05) is 29.9 Å². The van der Waals surface area contributed by atoms with Crippen molar-refractivity contribution in [3.8, 4) is 11.3 Å². The maximum Gasteiger partial charge on any atom is 0.416 e. The fourth-order valence-corrected chi connectivity index (χ4v) is 3.08. The third-order valence-corrected chi connectivity index (χ3v) is 4.72. The lowest BCUT2D eigenvalue weighted by Crippen LogP contribution is -2.30. The Labute approximate surface area is 177 Å². The predicted molar refractivity (Wildman–Crippen MR) is 111 cm³/mol. The van der Waals surface area contributed by atoms with Crippen LogP contribution in [0.25, 0.3) is 11.3 Å². The van der Waals surface area contributed by atoms with Gasteiger partial charge in [-0.3, -0.25) is 9.59 Å². The molecule has 0 fully saturated rings. The number of furan rings is 1. The molecule has 31 heavy (non-hydrogen) atoms. The first kappa shape index (κ1) is 22.1. The molecule has 1 heterocycles. The zero-order valence-corrected chi connectivity index (χ0v) is 17.0. The minimum atomic E-state index is -4.48. The number of amides is 2. The van der Waals surface area contributed by atoms with Crippen LogP contribution in [-0.4, -0.2) is 29.8 Å². The van der Waals surface area contributed by atoms with E-state index in [2.05, 4.69) is 5.32 Å². The lowest BCUT2D eigenvalue weighted by atomic mass is 10.1. The fraction of sp³-hybridized carbons (Fsp3) is 0.217. The minimum absolute atomic E-state index is 0.0621. The maximum atomic E-state index is 12.9. The van der Waals surface area contributed by atoms with E-state index in [-0.39, 0.29) is 23.0 Å². The number of alkyl halides is 3. The van der Waals surface area contributed by atoms with Crippen LogP contribution in [0.3, 0.4) is 0 Å². The second-order valence-electron chi connectivity index (χ2n) is 6.75. The molecule has 1 N–H and O–H groups in total. The third-order valence-electron chi connectivity index (χ3n) is 4.72. The summed E-state index contributed by atoms with van der Waals surface area (Å²) in [6.07, 6.45) is -4.48. The summed E-state index contributed by atoms with van der Waals surface area (Å²) < 4.78 is 44.2. The van der Waals surface area contributed by atoms with E-state index in [4.69, 9.17) is 4.42 Å². The number of hydrogen-bond donors (Lipinski definition) is 1. The first-order chi connectivity index (χ1) is 14.7. The average Bonchev–Trinajstić information content (AvgIpc) is 3.25. The number of nitrogens with one attached hydrogen (secondary N) is 1. The van der Waals surface area contributed by atoms with Gasteiger partial charge in [0.25, 0.3) is 11.8 Å². The lowest BCUT2D eigenvalue weighted by molar-refractivity contribution is -0.137. The van der Waals surface area contributed by atoms with Crippen LogP contribution in [0.15, 0.2) is 65.1 Å². The van der Waals surface area contributed by atoms with Gasteiger partial charge in [0.05, 0.1) is 5.56 Å². The van der Waals surface area contributed by atoms with Gasteiger partial charge >= 0.3 is 6.18 Å². The van der Waals surface area contributed by atoms with E-state index in [1.165, 1.54) is 24.3 Å². The van der Waals surface area contributed by atoms with Crippen molar-refractivity contribution in [2.45, 2.75) is 20.0 Å². The molecule has 162 valence electrons. The van der Waals surface area contributed by atoms with Gasteiger partial charge in [-0.05, 0) is 56.3 Å². The second kappa shape index (κ2) is 9.07. The first-order valence-electron chi connectivity index (χ1n) is 9.71. The van der Waals surface area contributed by atoms with Crippen LogP contribution in [0.4, 0.5) is 18.9 Å². The third kappa shape index (κ3) is 5.14. The van der Waals surface area contributed by atoms with Crippen LogP contribution in [0, 0.1) is 0 Å². The summed E-state index contributed by atoms with van der Waals surface area (Å²) in [5.74, 6) is -0.647. The average molecular weight is 430 g/mol. The molecule has 0 spiro atoms. The normalized spacial score (nSPS) is 11.3. The quantitative estimate of drug-likeness (QED) is 0.546. The van der Waals surface area contributed by atoms with Gasteiger partial charge in [-0.2, -0.15) is 13.2 Å². The van der Waals surface area contributed by atoms with Crippen LogP contribution < -0.4 is 5.32 Å². The smallest absolute Gasteiger partial charge is 0.416 e. The van der Waals surface area contributed by atoms with Gasteiger partial charge in [0.15, 0.2) is 5.76 Å². The summed E-state index contributed by atoms with van der Waals surface area (Å²) in [5.41, 5.74) is 0.244. The molecule has 0 aliphatic carbocycles. The molecule has 2 amide bonds. The summed E-state index contributed by atoms with van der Waals surface area (Å²) in [6.45, 7) is 4.89. The summed E-state index contributed by atoms with van der Waals surface area (Å²) >= 11 is 0. The second-order valence-corrected chi connectivity index (χ2v) is 6.75. The standard InChI is InChI=1S/C23H21F3N2O3/c1-3-28(4-2)22(30)16-8-6-10-18(14-16)27-21(29)20-12-11-19(31-20)15-7-5-9-17(13-15)23(24,25)26/h5-14H,3-4H2,1-2H3,(H,27,29). The van der Waals surface area contributed by atoms with Crippen molar-refractivity contribution in [1.29, 1.82) is 0 Å². The molecule has 0 unspecified atom stereocenters. The van der Waals surface area contributed by atoms with Crippen molar-refractivity contribution in [3.05, 3.63) is 77.6 Å². The van der Waals surface area contributed by atoms with E-state index in [1.807, 2.05) is 13.8 Å². The highest BCUT2D eigenvalue weighted by Crippen LogP contribution is 2.32. The molecule has 0 aliphatic rings. The number of carbonyl (C=O) groups excluding carboxylic acids is 2. The topological polar surface area (TPSA) is 62.6 Å². The Balaban J connectivity index is 1.77. The van der Waals surface area contributed by atoms with E-state index >= 15 is 0 Å². The summed E-state index contributed by atoms with van der Waals surface area (Å²) in [6, 6.07) is 14.0. The Kier molecular flexibility index (Phi) is 6.48. The number of benzene rings is 2. The van der Waals surface area contributed by atoms with Crippen LogP contribution >= 0.6 is 0 Å². The van der Waals surface area contributed by atoms with Crippen molar-refractivity contribution in [3.63, 3.8) is 0 Å². The Hall–Kier alpha value is -3.55. The number of anilines is 1. The Morgan fingerprint density at radius 2 is 1.68 bits per heavy atom. The van der Waals surface area contributed by atoms with Crippen LogP contribution in [0.1, 0.15) is 40.3 Å². The van der Waals surface area contributed by atoms with E-state index in [0.717, 1.165) is 12.1 Å². The summed E-state index contributed by atoms with van der Waals surface area (Å²) in [5, 5.41) is 2.65. The van der Waals surface area contributed by atoms with Gasteiger partial charge in [-0.15, -0.1) is 0 Å². The lowest BCUT2D eigenvalue weighted by Gasteiger charge is -2.18. The van der Waals surface area contributed by atoms with E-state index in [0.29, 0.717) is 24.3 Å². The van der Waals surface area contributed by atoms with Gasteiger partial charge in [-0.1, -0.05) is 18.2 Å². The number of carbonyl (C=O) groups is 2. The number of rotatable bonds is 6. The monoisotopic (exact) mass is 430 g/mol. The summed E-state index contributed by atoms with van der Waals surface area (Å²) in [4.78, 5) is 26.7. The molecule has 2 aromatic carbocycles. The predicted octanol–water partition coefficient (Wildman–Crippen LogP) is 5.70. The molecule has 8 heteroatoms. The molecule has 0 saturated carbocycles. The maximum absolute atomic E-state index is 12.9. The highest BCUT2D eigenvalue weighted by atomic mass is 19.4. The van der Waals surface area contributed by atoms with E-state index in [1.54, 1.807) is 29.2 Å². The Morgan fingerprint density at radius 3 is 2.35 bits per heavy atom. The Morgan fingerprint density at radius 1 is 0.968 bits per heavy atom. The van der Waals surface area contributed by atoms with Gasteiger partial charge in [-0.25, -0.2) is 0 Å². The largest absolute Gasteiger partial charge is 0.451 e. The molecular weight excluding hydrogens is 409 g/mol. The van der Waals surface area contributed by atoms with Gasteiger partial charge < -0.3 is 14.6 Å². The SMILES string of the molecule is CCN(CC)C(=O)c1cccc(NC(=O)c2ccc(-c3cccc(C(F)(F)F)c3)o2)c1. The van der Waals surface area contributed by atoms with Gasteiger partial charge in [0.1, 0.15) is 5.76 Å². The molecule has 0 atom stereocenters.